The molecule has 1 amide bonds. The number of carboxylic acid groups (broad SMARTS) is 1. The molecular formula is C24H29N3O5. The standard InChI is InChI=1S/C24H29N3O5/c1-25(2)12-17-5-3-4-6-19(17)20-7-8-21-18-9-16(11-27(21)24(20)31)10-26(13-18)22(28)14-32-15-23(29)30/h3-8,16,18H,9-15H2,1-2H3,(H,29,30)/t16-,18-/m1/s1. The number of piperidine rings is 1. The summed E-state index contributed by atoms with van der Waals surface area (Å²) in [6.07, 6.45) is 0.940. The number of carbonyl (C=O) groups excluding carboxylic acids is 1. The first-order chi connectivity index (χ1) is 15.3. The zero-order chi connectivity index (χ0) is 22.8. The number of hydrogen-bond donors (Lipinski definition) is 1. The number of nitrogens with zero attached hydrogens (tertiary/aromatic N) is 3. The molecule has 32 heavy (non-hydrogen) atoms. The number of likely N-dealkylation sites (tertiary alicyclic amines) is 1. The topological polar surface area (TPSA) is 92.1 Å². The third-order valence-corrected chi connectivity index (χ3v) is 6.20. The smallest absolute Gasteiger partial charge is 0.329 e. The van der Waals surface area contributed by atoms with Crippen LogP contribution in [-0.4, -0.2) is 71.7 Å². The van der Waals surface area contributed by atoms with E-state index in [1.165, 1.54) is 0 Å². The van der Waals surface area contributed by atoms with Crippen LogP contribution in [0.25, 0.3) is 11.1 Å². The molecular weight excluding hydrogens is 410 g/mol. The Hall–Kier alpha value is -2.97. The summed E-state index contributed by atoms with van der Waals surface area (Å²) in [7, 11) is 4.02. The van der Waals surface area contributed by atoms with Crippen molar-refractivity contribution in [3.05, 3.63) is 58.0 Å². The van der Waals surface area contributed by atoms with Crippen molar-refractivity contribution in [2.45, 2.75) is 25.4 Å². The maximum Gasteiger partial charge on any atom is 0.329 e. The number of aliphatic carboxylic acids is 1. The number of ether oxygens (including phenoxy) is 1. The van der Waals surface area contributed by atoms with Crippen LogP contribution in [0.1, 0.15) is 23.6 Å². The van der Waals surface area contributed by atoms with Gasteiger partial charge in [-0.1, -0.05) is 24.3 Å². The van der Waals surface area contributed by atoms with E-state index in [9.17, 15) is 14.4 Å². The van der Waals surface area contributed by atoms with Crippen molar-refractivity contribution >= 4 is 11.9 Å². The second-order valence-corrected chi connectivity index (χ2v) is 8.97. The van der Waals surface area contributed by atoms with E-state index < -0.39 is 12.6 Å². The van der Waals surface area contributed by atoms with Gasteiger partial charge in [-0.05, 0) is 49.7 Å². The second kappa shape index (κ2) is 9.26. The molecule has 8 heteroatoms. The van der Waals surface area contributed by atoms with Gasteiger partial charge in [-0.3, -0.25) is 9.59 Å². The van der Waals surface area contributed by atoms with Crippen LogP contribution in [0.5, 0.6) is 0 Å². The van der Waals surface area contributed by atoms with E-state index in [1.54, 1.807) is 4.90 Å². The summed E-state index contributed by atoms with van der Waals surface area (Å²) < 4.78 is 6.87. The van der Waals surface area contributed by atoms with E-state index in [4.69, 9.17) is 9.84 Å². The third-order valence-electron chi connectivity index (χ3n) is 6.20. The molecule has 2 bridgehead atoms. The van der Waals surface area contributed by atoms with Crippen molar-refractivity contribution in [2.24, 2.45) is 5.92 Å². The van der Waals surface area contributed by atoms with E-state index in [0.29, 0.717) is 25.2 Å². The van der Waals surface area contributed by atoms with Crippen LogP contribution in [0, 0.1) is 5.92 Å². The van der Waals surface area contributed by atoms with Crippen LogP contribution in [0.4, 0.5) is 0 Å². The molecule has 0 spiro atoms. The van der Waals surface area contributed by atoms with Gasteiger partial charge in [-0.15, -0.1) is 0 Å². The highest BCUT2D eigenvalue weighted by Crippen LogP contribution is 2.36. The highest BCUT2D eigenvalue weighted by atomic mass is 16.5. The maximum absolute atomic E-state index is 13.5. The van der Waals surface area contributed by atoms with Crippen LogP contribution < -0.4 is 5.56 Å². The normalized spacial score (nSPS) is 19.7. The lowest BCUT2D eigenvalue weighted by molar-refractivity contribution is -0.146. The summed E-state index contributed by atoms with van der Waals surface area (Å²) in [5.74, 6) is -1.02. The molecule has 0 radical (unpaired) electrons. The SMILES string of the molecule is CN(C)Cc1ccccc1-c1ccc2n(c1=O)C[C@@H]1C[C@@H]2CN(C(=O)COCC(=O)O)C1. The molecule has 4 rings (SSSR count). The van der Waals surface area contributed by atoms with Gasteiger partial charge in [-0.2, -0.15) is 0 Å². The van der Waals surface area contributed by atoms with E-state index in [1.807, 2.05) is 49.0 Å². The Labute approximate surface area is 187 Å². The quantitative estimate of drug-likeness (QED) is 0.705. The molecule has 1 aromatic heterocycles. The van der Waals surface area contributed by atoms with Gasteiger partial charge in [0.15, 0.2) is 0 Å². The van der Waals surface area contributed by atoms with Gasteiger partial charge in [0.2, 0.25) is 5.91 Å². The van der Waals surface area contributed by atoms with E-state index in [-0.39, 0.29) is 29.9 Å². The molecule has 170 valence electrons. The number of aromatic nitrogens is 1. The van der Waals surface area contributed by atoms with Crippen LogP contribution in [0.3, 0.4) is 0 Å². The monoisotopic (exact) mass is 439 g/mol. The number of pyridine rings is 1. The molecule has 0 saturated carbocycles. The minimum atomic E-state index is -1.09. The maximum atomic E-state index is 13.5. The minimum Gasteiger partial charge on any atom is -0.480 e. The molecule has 2 aliphatic heterocycles. The van der Waals surface area contributed by atoms with Crippen LogP contribution in [0.15, 0.2) is 41.2 Å². The second-order valence-electron chi connectivity index (χ2n) is 8.97. The van der Waals surface area contributed by atoms with Gasteiger partial charge >= 0.3 is 5.97 Å². The number of carbonyl (C=O) groups is 2. The zero-order valence-corrected chi connectivity index (χ0v) is 18.5. The Morgan fingerprint density at radius 2 is 1.84 bits per heavy atom. The Morgan fingerprint density at radius 3 is 2.59 bits per heavy atom. The fraction of sp³-hybridized carbons (Fsp3) is 0.458. The summed E-state index contributed by atoms with van der Waals surface area (Å²) in [6, 6.07) is 12.0. The molecule has 0 aliphatic carbocycles. The van der Waals surface area contributed by atoms with E-state index in [0.717, 1.165) is 29.8 Å². The van der Waals surface area contributed by atoms with Crippen molar-refractivity contribution in [1.82, 2.24) is 14.4 Å². The molecule has 2 atom stereocenters. The minimum absolute atomic E-state index is 0.0213. The first-order valence-corrected chi connectivity index (χ1v) is 10.9. The zero-order valence-electron chi connectivity index (χ0n) is 18.5. The van der Waals surface area contributed by atoms with Crippen LogP contribution in [-0.2, 0) is 27.4 Å². The van der Waals surface area contributed by atoms with Crippen molar-refractivity contribution in [2.75, 3.05) is 40.4 Å². The van der Waals surface area contributed by atoms with Crippen molar-refractivity contribution in [3.63, 3.8) is 0 Å². The number of fused-ring (bicyclic) bond motifs is 4. The first kappa shape index (κ1) is 22.2. The Kier molecular flexibility index (Phi) is 6.43. The summed E-state index contributed by atoms with van der Waals surface area (Å²) in [6.45, 7) is 1.68. The predicted octanol–water partition coefficient (Wildman–Crippen LogP) is 1.62. The lowest BCUT2D eigenvalue weighted by Gasteiger charge is -2.43. The highest BCUT2D eigenvalue weighted by Gasteiger charge is 2.36. The van der Waals surface area contributed by atoms with Crippen molar-refractivity contribution < 1.29 is 19.4 Å². The van der Waals surface area contributed by atoms with Crippen LogP contribution >= 0.6 is 0 Å². The lowest BCUT2D eigenvalue weighted by atomic mass is 9.82. The fourth-order valence-corrected chi connectivity index (χ4v) is 4.93. The molecule has 8 nitrogen and oxygen atoms in total. The molecule has 2 aromatic rings. The lowest BCUT2D eigenvalue weighted by Crippen LogP contribution is -2.50. The van der Waals surface area contributed by atoms with E-state index in [2.05, 4.69) is 11.0 Å². The Bertz CT molecular complexity index is 1080. The fourth-order valence-electron chi connectivity index (χ4n) is 4.93. The van der Waals surface area contributed by atoms with Gasteiger partial charge < -0.3 is 24.2 Å². The molecule has 1 N–H and O–H groups in total. The van der Waals surface area contributed by atoms with Gasteiger partial charge in [0.05, 0.1) is 0 Å². The van der Waals surface area contributed by atoms with Gasteiger partial charge in [0, 0.05) is 43.4 Å². The number of hydrogen-bond acceptors (Lipinski definition) is 5. The van der Waals surface area contributed by atoms with Gasteiger partial charge in [-0.25, -0.2) is 4.79 Å². The summed E-state index contributed by atoms with van der Waals surface area (Å²) in [5, 5.41) is 8.68. The van der Waals surface area contributed by atoms with Crippen LogP contribution in [0.2, 0.25) is 0 Å². The molecule has 1 aromatic carbocycles. The molecule has 1 fully saturated rings. The average molecular weight is 440 g/mol. The Morgan fingerprint density at radius 1 is 1.06 bits per heavy atom. The third kappa shape index (κ3) is 4.61. The first-order valence-electron chi connectivity index (χ1n) is 10.9. The molecule has 0 unspecified atom stereocenters. The average Bonchev–Trinajstić information content (AvgIpc) is 2.74. The highest BCUT2D eigenvalue weighted by molar-refractivity contribution is 5.78. The number of carboxylic acids is 1. The molecule has 3 heterocycles. The van der Waals surface area contributed by atoms with Gasteiger partial charge in [0.1, 0.15) is 13.2 Å². The van der Waals surface area contributed by atoms with Crippen molar-refractivity contribution in [3.8, 4) is 11.1 Å². The van der Waals surface area contributed by atoms with Crippen molar-refractivity contribution in [1.29, 1.82) is 0 Å². The molecule has 2 aliphatic rings. The number of rotatable bonds is 7. The predicted molar refractivity (Wildman–Crippen MR) is 119 cm³/mol. The summed E-state index contributed by atoms with van der Waals surface area (Å²) >= 11 is 0. The number of amides is 1. The summed E-state index contributed by atoms with van der Waals surface area (Å²) in [5.41, 5.74) is 3.77. The summed E-state index contributed by atoms with van der Waals surface area (Å²) in [4.78, 5) is 40.4. The van der Waals surface area contributed by atoms with Gasteiger partial charge in [0.25, 0.3) is 5.56 Å². The largest absolute Gasteiger partial charge is 0.480 e. The Balaban J connectivity index is 1.58. The number of benzene rings is 1. The molecule has 1 saturated heterocycles. The van der Waals surface area contributed by atoms with E-state index >= 15 is 0 Å².